The van der Waals surface area contributed by atoms with Gasteiger partial charge in [-0.1, -0.05) is 42.5 Å². The quantitative estimate of drug-likeness (QED) is 0.451. The van der Waals surface area contributed by atoms with Gasteiger partial charge in [-0.25, -0.2) is 0 Å². The van der Waals surface area contributed by atoms with Crippen molar-refractivity contribution < 1.29 is 28.9 Å². The van der Waals surface area contributed by atoms with Crippen molar-refractivity contribution in [2.24, 2.45) is 0 Å². The van der Waals surface area contributed by atoms with Gasteiger partial charge in [0, 0.05) is 12.1 Å². The first-order valence-corrected chi connectivity index (χ1v) is 11.6. The van der Waals surface area contributed by atoms with Crippen LogP contribution in [-0.4, -0.2) is 38.1 Å². The Balaban J connectivity index is 1.83. The van der Waals surface area contributed by atoms with Gasteiger partial charge in [0.05, 0.1) is 32.9 Å². The number of ether oxygens (including phenoxy) is 3. The highest BCUT2D eigenvalue weighted by Crippen LogP contribution is 2.46. The molecule has 1 amide bonds. The standard InChI is InChI=1S/C29H29NO6/c1-18-9-8-12-21(15-18)30-26(20-16-23(34-2)28(36-4)24(17-20)35-3)25(27(32)29(30)33)22(31)14-13-19-10-6-5-7-11-19/h5-12,15-17,26,32H,13-14H2,1-4H3. The Labute approximate surface area is 210 Å². The fourth-order valence-electron chi connectivity index (χ4n) is 4.55. The lowest BCUT2D eigenvalue weighted by Crippen LogP contribution is -2.31. The van der Waals surface area contributed by atoms with E-state index in [-0.39, 0.29) is 17.8 Å². The molecule has 1 atom stereocenters. The van der Waals surface area contributed by atoms with Crippen molar-refractivity contribution in [3.63, 3.8) is 0 Å². The molecule has 7 nitrogen and oxygen atoms in total. The van der Waals surface area contributed by atoms with Crippen LogP contribution in [0.3, 0.4) is 0 Å². The van der Waals surface area contributed by atoms with Crippen molar-refractivity contribution >= 4 is 17.4 Å². The number of benzene rings is 3. The molecular weight excluding hydrogens is 458 g/mol. The van der Waals surface area contributed by atoms with Crippen LogP contribution in [0.25, 0.3) is 0 Å². The molecule has 0 aromatic heterocycles. The van der Waals surface area contributed by atoms with Crippen LogP contribution in [0.5, 0.6) is 17.2 Å². The first-order valence-electron chi connectivity index (χ1n) is 11.6. The number of aliphatic hydroxyl groups is 1. The van der Waals surface area contributed by atoms with Gasteiger partial charge in [0.15, 0.2) is 23.0 Å². The molecular formula is C29H29NO6. The molecule has 7 heteroatoms. The maximum Gasteiger partial charge on any atom is 0.294 e. The van der Waals surface area contributed by atoms with Gasteiger partial charge in [-0.05, 0) is 54.3 Å². The van der Waals surface area contributed by atoms with Gasteiger partial charge in [-0.15, -0.1) is 0 Å². The Morgan fingerprint density at radius 2 is 1.58 bits per heavy atom. The highest BCUT2D eigenvalue weighted by Gasteiger charge is 2.44. The number of carbonyl (C=O) groups excluding carboxylic acids is 2. The highest BCUT2D eigenvalue weighted by atomic mass is 16.5. The molecule has 0 fully saturated rings. The Bertz CT molecular complexity index is 1290. The van der Waals surface area contributed by atoms with E-state index < -0.39 is 17.7 Å². The number of hydrogen-bond donors (Lipinski definition) is 1. The van der Waals surface area contributed by atoms with Crippen LogP contribution < -0.4 is 19.1 Å². The van der Waals surface area contributed by atoms with Gasteiger partial charge in [-0.2, -0.15) is 0 Å². The lowest BCUT2D eigenvalue weighted by Gasteiger charge is -2.28. The average molecular weight is 488 g/mol. The van der Waals surface area contributed by atoms with Crippen LogP contribution in [0.1, 0.15) is 29.2 Å². The van der Waals surface area contributed by atoms with E-state index in [4.69, 9.17) is 14.2 Å². The summed E-state index contributed by atoms with van der Waals surface area (Å²) in [5.74, 6) is -0.341. The molecule has 1 N–H and O–H groups in total. The first-order chi connectivity index (χ1) is 17.4. The summed E-state index contributed by atoms with van der Waals surface area (Å²) >= 11 is 0. The topological polar surface area (TPSA) is 85.3 Å². The van der Waals surface area contributed by atoms with E-state index in [0.29, 0.717) is 34.9 Å². The smallest absolute Gasteiger partial charge is 0.294 e. The zero-order valence-electron chi connectivity index (χ0n) is 20.8. The Morgan fingerprint density at radius 1 is 0.917 bits per heavy atom. The molecule has 0 spiro atoms. The number of aryl methyl sites for hydroxylation is 2. The van der Waals surface area contributed by atoms with Crippen molar-refractivity contribution in [3.8, 4) is 17.2 Å². The number of aliphatic hydroxyl groups excluding tert-OH is 1. The maximum absolute atomic E-state index is 13.6. The van der Waals surface area contributed by atoms with Crippen LogP contribution in [-0.2, 0) is 16.0 Å². The Morgan fingerprint density at radius 3 is 2.17 bits per heavy atom. The highest BCUT2D eigenvalue weighted by molar-refractivity contribution is 6.16. The first kappa shape index (κ1) is 24.9. The molecule has 1 unspecified atom stereocenters. The van der Waals surface area contributed by atoms with Gasteiger partial charge in [0.1, 0.15) is 0 Å². The van der Waals surface area contributed by atoms with Crippen molar-refractivity contribution in [2.45, 2.75) is 25.8 Å². The second kappa shape index (κ2) is 10.6. The van der Waals surface area contributed by atoms with E-state index in [1.54, 1.807) is 18.2 Å². The van der Waals surface area contributed by atoms with Crippen molar-refractivity contribution in [3.05, 3.63) is 94.8 Å². The number of rotatable bonds is 9. The third kappa shape index (κ3) is 4.64. The van der Waals surface area contributed by atoms with E-state index in [2.05, 4.69) is 0 Å². The normalized spacial score (nSPS) is 15.3. The number of anilines is 1. The predicted octanol–water partition coefficient (Wildman–Crippen LogP) is 5.12. The van der Waals surface area contributed by atoms with E-state index in [1.807, 2.05) is 55.5 Å². The van der Waals surface area contributed by atoms with E-state index in [1.165, 1.54) is 26.2 Å². The number of nitrogens with zero attached hydrogens (tertiary/aromatic N) is 1. The number of amides is 1. The van der Waals surface area contributed by atoms with E-state index in [9.17, 15) is 14.7 Å². The third-order valence-corrected chi connectivity index (χ3v) is 6.27. The van der Waals surface area contributed by atoms with Crippen molar-refractivity contribution in [1.82, 2.24) is 0 Å². The zero-order valence-corrected chi connectivity index (χ0v) is 20.8. The number of ketones is 1. The lowest BCUT2D eigenvalue weighted by molar-refractivity contribution is -0.118. The molecule has 1 heterocycles. The maximum atomic E-state index is 13.6. The molecule has 0 saturated carbocycles. The van der Waals surface area contributed by atoms with Gasteiger partial charge < -0.3 is 19.3 Å². The minimum absolute atomic E-state index is 0.0479. The van der Waals surface area contributed by atoms with Gasteiger partial charge >= 0.3 is 0 Å². The van der Waals surface area contributed by atoms with Gasteiger partial charge in [0.2, 0.25) is 5.75 Å². The summed E-state index contributed by atoms with van der Waals surface area (Å²) in [7, 11) is 4.50. The van der Waals surface area contributed by atoms with Gasteiger partial charge in [-0.3, -0.25) is 14.5 Å². The second-order valence-electron chi connectivity index (χ2n) is 8.55. The number of carbonyl (C=O) groups is 2. The van der Waals surface area contributed by atoms with Crippen LogP contribution in [0.4, 0.5) is 5.69 Å². The molecule has 0 aliphatic carbocycles. The Hall–Kier alpha value is -4.26. The zero-order chi connectivity index (χ0) is 25.8. The predicted molar refractivity (Wildman–Crippen MR) is 137 cm³/mol. The summed E-state index contributed by atoms with van der Waals surface area (Å²) in [6.45, 7) is 1.91. The molecule has 3 aromatic carbocycles. The largest absolute Gasteiger partial charge is 0.503 e. The van der Waals surface area contributed by atoms with E-state index in [0.717, 1.165) is 11.1 Å². The van der Waals surface area contributed by atoms with Crippen LogP contribution in [0, 0.1) is 6.92 Å². The van der Waals surface area contributed by atoms with Gasteiger partial charge in [0.25, 0.3) is 5.91 Å². The number of hydrogen-bond acceptors (Lipinski definition) is 6. The van der Waals surface area contributed by atoms with Crippen LogP contribution >= 0.6 is 0 Å². The minimum atomic E-state index is -0.878. The molecule has 0 bridgehead atoms. The fourth-order valence-corrected chi connectivity index (χ4v) is 4.55. The lowest BCUT2D eigenvalue weighted by atomic mass is 9.92. The molecule has 1 aliphatic heterocycles. The summed E-state index contributed by atoms with van der Waals surface area (Å²) < 4.78 is 16.5. The summed E-state index contributed by atoms with van der Waals surface area (Å²) in [5, 5.41) is 11.0. The fraction of sp³-hybridized carbons (Fsp3) is 0.241. The monoisotopic (exact) mass is 487 g/mol. The SMILES string of the molecule is COc1cc(C2C(C(=O)CCc3ccccc3)=C(O)C(=O)N2c2cccc(C)c2)cc(OC)c1OC. The molecule has 3 aromatic rings. The van der Waals surface area contributed by atoms with Crippen LogP contribution in [0.2, 0.25) is 0 Å². The van der Waals surface area contributed by atoms with Crippen molar-refractivity contribution in [2.75, 3.05) is 26.2 Å². The molecule has 0 radical (unpaired) electrons. The van der Waals surface area contributed by atoms with E-state index >= 15 is 0 Å². The average Bonchev–Trinajstić information content (AvgIpc) is 3.17. The Kier molecular flexibility index (Phi) is 7.29. The minimum Gasteiger partial charge on any atom is -0.503 e. The molecule has 4 rings (SSSR count). The van der Waals surface area contributed by atoms with Crippen LogP contribution in [0.15, 0.2) is 78.1 Å². The summed E-state index contributed by atoms with van der Waals surface area (Å²) in [5.41, 5.74) is 3.09. The molecule has 1 aliphatic rings. The summed E-state index contributed by atoms with van der Waals surface area (Å²) in [6.07, 6.45) is 0.621. The second-order valence-corrected chi connectivity index (χ2v) is 8.55. The summed E-state index contributed by atoms with van der Waals surface area (Å²) in [4.78, 5) is 28.4. The van der Waals surface area contributed by atoms with Crippen molar-refractivity contribution in [1.29, 1.82) is 0 Å². The number of Topliss-reactive ketones (excluding diaryl/α,β-unsaturated/α-hetero) is 1. The summed E-state index contributed by atoms with van der Waals surface area (Å²) in [6, 6.07) is 19.5. The number of methoxy groups -OCH3 is 3. The molecule has 36 heavy (non-hydrogen) atoms. The molecule has 186 valence electrons. The third-order valence-electron chi connectivity index (χ3n) is 6.27. The molecule has 0 saturated heterocycles.